The fourth-order valence-corrected chi connectivity index (χ4v) is 0.972. The van der Waals surface area contributed by atoms with Gasteiger partial charge in [-0.1, -0.05) is 18.6 Å². The van der Waals surface area contributed by atoms with Gasteiger partial charge in [-0.25, -0.2) is 0 Å². The quantitative estimate of drug-likeness (QED) is 0.534. The fourth-order valence-electron chi connectivity index (χ4n) is 0.972. The molecule has 1 nitrogen and oxygen atoms in total. The SMILES string of the molecule is CC/C=C1/CC1CN. The highest BCUT2D eigenvalue weighted by molar-refractivity contribution is 5.23. The zero-order valence-electron chi connectivity index (χ0n) is 5.35. The highest BCUT2D eigenvalue weighted by Crippen LogP contribution is 2.36. The van der Waals surface area contributed by atoms with E-state index in [0.717, 1.165) is 12.5 Å². The van der Waals surface area contributed by atoms with E-state index in [2.05, 4.69) is 13.0 Å². The lowest BCUT2D eigenvalue weighted by Crippen LogP contribution is -1.99. The van der Waals surface area contributed by atoms with Gasteiger partial charge in [-0.2, -0.15) is 0 Å². The Morgan fingerprint density at radius 1 is 1.88 bits per heavy atom. The van der Waals surface area contributed by atoms with Crippen LogP contribution in [0, 0.1) is 5.92 Å². The molecule has 1 rings (SSSR count). The Labute approximate surface area is 50.6 Å². The topological polar surface area (TPSA) is 26.0 Å². The average Bonchev–Trinajstić information content (AvgIpc) is 2.48. The van der Waals surface area contributed by atoms with Crippen molar-refractivity contribution in [2.75, 3.05) is 6.54 Å². The lowest BCUT2D eigenvalue weighted by molar-refractivity contribution is 0.873. The minimum absolute atomic E-state index is 0.759. The summed E-state index contributed by atoms with van der Waals surface area (Å²) in [5.41, 5.74) is 6.99. The van der Waals surface area contributed by atoms with Crippen LogP contribution >= 0.6 is 0 Å². The molecule has 0 spiro atoms. The summed E-state index contributed by atoms with van der Waals surface area (Å²) in [5.74, 6) is 0.759. The second-order valence-corrected chi connectivity index (χ2v) is 2.32. The third-order valence-electron chi connectivity index (χ3n) is 1.60. The van der Waals surface area contributed by atoms with Gasteiger partial charge >= 0.3 is 0 Å². The van der Waals surface area contributed by atoms with Crippen molar-refractivity contribution >= 4 is 0 Å². The second-order valence-electron chi connectivity index (χ2n) is 2.32. The predicted octanol–water partition coefficient (Wildman–Crippen LogP) is 1.30. The zero-order valence-corrected chi connectivity index (χ0v) is 5.35. The molecule has 1 aliphatic rings. The molecule has 0 radical (unpaired) electrons. The first kappa shape index (κ1) is 5.83. The molecule has 8 heavy (non-hydrogen) atoms. The maximum Gasteiger partial charge on any atom is -0.000840 e. The molecule has 0 aromatic rings. The van der Waals surface area contributed by atoms with Crippen LogP contribution in [0.25, 0.3) is 0 Å². The lowest BCUT2D eigenvalue weighted by atomic mass is 10.3. The molecule has 0 aromatic carbocycles. The van der Waals surface area contributed by atoms with E-state index < -0.39 is 0 Å². The van der Waals surface area contributed by atoms with Crippen molar-refractivity contribution in [2.45, 2.75) is 19.8 Å². The monoisotopic (exact) mass is 111 g/mol. The van der Waals surface area contributed by atoms with E-state index in [1.165, 1.54) is 12.8 Å². The van der Waals surface area contributed by atoms with Crippen LogP contribution in [-0.4, -0.2) is 6.54 Å². The van der Waals surface area contributed by atoms with Gasteiger partial charge < -0.3 is 5.73 Å². The Kier molecular flexibility index (Phi) is 1.69. The van der Waals surface area contributed by atoms with E-state index in [-0.39, 0.29) is 0 Å². The van der Waals surface area contributed by atoms with Crippen molar-refractivity contribution in [3.05, 3.63) is 11.6 Å². The Balaban J connectivity index is 2.25. The van der Waals surface area contributed by atoms with Gasteiger partial charge in [0, 0.05) is 0 Å². The molecule has 1 heteroatoms. The van der Waals surface area contributed by atoms with E-state index in [0.29, 0.717) is 0 Å². The molecule has 0 aromatic heterocycles. The number of hydrogen-bond acceptors (Lipinski definition) is 1. The summed E-state index contributed by atoms with van der Waals surface area (Å²) in [6, 6.07) is 0. The fraction of sp³-hybridized carbons (Fsp3) is 0.714. The molecule has 0 saturated heterocycles. The number of rotatable bonds is 2. The smallest absolute Gasteiger partial charge is 0.000840 e. The molecule has 1 atom stereocenters. The summed E-state index contributed by atoms with van der Waals surface area (Å²) in [5, 5.41) is 0. The molecule has 1 saturated carbocycles. The second kappa shape index (κ2) is 2.31. The summed E-state index contributed by atoms with van der Waals surface area (Å²) in [7, 11) is 0. The standard InChI is InChI=1S/C7H13N/c1-2-3-6-4-7(6)5-8/h3,7H,2,4-5,8H2,1H3/b6-3-. The minimum atomic E-state index is 0.759. The van der Waals surface area contributed by atoms with Crippen LogP contribution in [0.2, 0.25) is 0 Å². The zero-order chi connectivity index (χ0) is 5.98. The van der Waals surface area contributed by atoms with Crippen LogP contribution in [0.3, 0.4) is 0 Å². The molecule has 1 fully saturated rings. The molecule has 0 bridgehead atoms. The lowest BCUT2D eigenvalue weighted by Gasteiger charge is -1.79. The third kappa shape index (κ3) is 1.10. The molecule has 1 aliphatic carbocycles. The normalized spacial score (nSPS) is 31.2. The van der Waals surface area contributed by atoms with Gasteiger partial charge in [-0.15, -0.1) is 0 Å². The summed E-state index contributed by atoms with van der Waals surface area (Å²) in [6.07, 6.45) is 4.73. The number of allylic oxidation sites excluding steroid dienone is 1. The Morgan fingerprint density at radius 3 is 3.00 bits per heavy atom. The van der Waals surface area contributed by atoms with Gasteiger partial charge in [-0.3, -0.25) is 0 Å². The summed E-state index contributed by atoms with van der Waals surface area (Å²) in [4.78, 5) is 0. The van der Waals surface area contributed by atoms with Crippen molar-refractivity contribution in [3.63, 3.8) is 0 Å². The van der Waals surface area contributed by atoms with Crippen LogP contribution in [0.5, 0.6) is 0 Å². The highest BCUT2D eigenvalue weighted by atomic mass is 14.6. The predicted molar refractivity (Wildman–Crippen MR) is 35.5 cm³/mol. The number of nitrogens with two attached hydrogens (primary N) is 1. The first-order chi connectivity index (χ1) is 3.88. The first-order valence-corrected chi connectivity index (χ1v) is 3.27. The van der Waals surface area contributed by atoms with Crippen molar-refractivity contribution in [1.29, 1.82) is 0 Å². The Hall–Kier alpha value is -0.300. The first-order valence-electron chi connectivity index (χ1n) is 3.27. The van der Waals surface area contributed by atoms with Gasteiger partial charge in [0.15, 0.2) is 0 Å². The molecular formula is C7H13N. The van der Waals surface area contributed by atoms with Crippen molar-refractivity contribution < 1.29 is 0 Å². The summed E-state index contributed by atoms with van der Waals surface area (Å²) >= 11 is 0. The van der Waals surface area contributed by atoms with Crippen molar-refractivity contribution in [1.82, 2.24) is 0 Å². The van der Waals surface area contributed by atoms with Crippen LogP contribution in [0.1, 0.15) is 19.8 Å². The van der Waals surface area contributed by atoms with Crippen LogP contribution in [0.4, 0.5) is 0 Å². The molecule has 46 valence electrons. The minimum Gasteiger partial charge on any atom is -0.330 e. The van der Waals surface area contributed by atoms with Gasteiger partial charge in [0.05, 0.1) is 0 Å². The third-order valence-corrected chi connectivity index (χ3v) is 1.60. The van der Waals surface area contributed by atoms with E-state index >= 15 is 0 Å². The van der Waals surface area contributed by atoms with Crippen molar-refractivity contribution in [3.8, 4) is 0 Å². The van der Waals surface area contributed by atoms with E-state index in [1.54, 1.807) is 5.57 Å². The van der Waals surface area contributed by atoms with Crippen LogP contribution in [-0.2, 0) is 0 Å². The molecule has 0 aliphatic heterocycles. The molecule has 0 amide bonds. The molecule has 0 heterocycles. The summed E-state index contributed by atoms with van der Waals surface area (Å²) in [6.45, 7) is 3.02. The maximum absolute atomic E-state index is 5.41. The van der Waals surface area contributed by atoms with Gasteiger partial charge in [-0.05, 0) is 25.3 Å². The molecule has 2 N–H and O–H groups in total. The van der Waals surface area contributed by atoms with Gasteiger partial charge in [0.1, 0.15) is 0 Å². The van der Waals surface area contributed by atoms with Gasteiger partial charge in [0.2, 0.25) is 0 Å². The van der Waals surface area contributed by atoms with Crippen molar-refractivity contribution in [2.24, 2.45) is 11.7 Å². The number of hydrogen-bond donors (Lipinski definition) is 1. The maximum atomic E-state index is 5.41. The van der Waals surface area contributed by atoms with E-state index in [1.807, 2.05) is 0 Å². The van der Waals surface area contributed by atoms with Crippen LogP contribution in [0.15, 0.2) is 11.6 Å². The van der Waals surface area contributed by atoms with Crippen LogP contribution < -0.4 is 5.73 Å². The van der Waals surface area contributed by atoms with E-state index in [4.69, 9.17) is 5.73 Å². The summed E-state index contributed by atoms with van der Waals surface area (Å²) < 4.78 is 0. The van der Waals surface area contributed by atoms with Gasteiger partial charge in [0.25, 0.3) is 0 Å². The van der Waals surface area contributed by atoms with E-state index in [9.17, 15) is 0 Å². The average molecular weight is 111 g/mol. The molecular weight excluding hydrogens is 98.1 g/mol. The Morgan fingerprint density at radius 2 is 2.62 bits per heavy atom. The highest BCUT2D eigenvalue weighted by Gasteiger charge is 2.26. The molecule has 1 unspecified atom stereocenters. The largest absolute Gasteiger partial charge is 0.330 e. The Bertz CT molecular complexity index is 105.